The Morgan fingerprint density at radius 3 is 2.28 bits per heavy atom. The molecule has 0 atom stereocenters. The highest BCUT2D eigenvalue weighted by Crippen LogP contribution is 2.34. The summed E-state index contributed by atoms with van der Waals surface area (Å²) in [5.41, 5.74) is 2.24. The van der Waals surface area contributed by atoms with E-state index in [4.69, 9.17) is 11.6 Å². The van der Waals surface area contributed by atoms with Gasteiger partial charge in [0.15, 0.2) is 11.6 Å². The minimum absolute atomic E-state index is 0.0874. The summed E-state index contributed by atoms with van der Waals surface area (Å²) < 4.78 is 0. The number of nitrogens with zero attached hydrogens (tertiary/aromatic N) is 2. The van der Waals surface area contributed by atoms with Gasteiger partial charge in [-0.05, 0) is 18.2 Å². The predicted molar refractivity (Wildman–Crippen MR) is 124 cm³/mol. The van der Waals surface area contributed by atoms with Gasteiger partial charge in [-0.1, -0.05) is 65.8 Å². The van der Waals surface area contributed by atoms with E-state index < -0.39 is 0 Å². The monoisotopic (exact) mass is 459 g/mol. The molecule has 6 nitrogen and oxygen atoms in total. The van der Waals surface area contributed by atoms with E-state index in [0.29, 0.717) is 16.2 Å². The number of nitrogens with one attached hydrogen (secondary N) is 1. The molecule has 0 radical (unpaired) electrons. The van der Waals surface area contributed by atoms with Crippen molar-refractivity contribution < 1.29 is 14.4 Å². The minimum Gasteiger partial charge on any atom is -0.324 e. The third-order valence-corrected chi connectivity index (χ3v) is 6.45. The maximum absolute atomic E-state index is 12.9. The first-order valence-corrected chi connectivity index (χ1v) is 11.0. The lowest BCUT2D eigenvalue weighted by Gasteiger charge is -2.19. The molecule has 0 bridgehead atoms. The second-order valence-corrected chi connectivity index (χ2v) is 8.49. The van der Waals surface area contributed by atoms with Crippen molar-refractivity contribution in [3.63, 3.8) is 0 Å². The Bertz CT molecular complexity index is 1430. The first-order valence-electron chi connectivity index (χ1n) is 9.67. The van der Waals surface area contributed by atoms with Gasteiger partial charge in [-0.2, -0.15) is 0 Å². The molecule has 1 aliphatic rings. The van der Waals surface area contributed by atoms with Crippen LogP contribution >= 0.6 is 23.4 Å². The lowest BCUT2D eigenvalue weighted by atomic mass is 9.84. The molecule has 5 rings (SSSR count). The fraction of sp³-hybridized carbons (Fsp3) is 0.0417. The van der Waals surface area contributed by atoms with Gasteiger partial charge in [0, 0.05) is 27.6 Å². The summed E-state index contributed by atoms with van der Waals surface area (Å²) in [5, 5.41) is 4.49. The molecule has 4 aromatic rings. The van der Waals surface area contributed by atoms with Crippen LogP contribution in [0.4, 0.5) is 5.69 Å². The van der Waals surface area contributed by atoms with Crippen molar-refractivity contribution in [1.82, 2.24) is 9.97 Å². The minimum atomic E-state index is -0.311. The molecule has 1 N–H and O–H groups in total. The number of carbonyl (C=O) groups excluding carboxylic acids is 3. The fourth-order valence-corrected chi connectivity index (χ4v) is 4.63. The number of aromatic nitrogens is 2. The number of ketones is 2. The topological polar surface area (TPSA) is 89.0 Å². The van der Waals surface area contributed by atoms with Crippen LogP contribution in [-0.2, 0) is 4.79 Å². The van der Waals surface area contributed by atoms with Gasteiger partial charge < -0.3 is 5.32 Å². The second kappa shape index (κ2) is 8.18. The SMILES string of the molecule is O=C(CSc1ncnc2ccccc12)Nc1cc2c(cc1Cl)C(=O)c1ccccc1C2=O. The number of benzene rings is 3. The first kappa shape index (κ1) is 20.4. The van der Waals surface area contributed by atoms with Crippen LogP contribution in [0.1, 0.15) is 31.8 Å². The van der Waals surface area contributed by atoms with Crippen molar-refractivity contribution in [1.29, 1.82) is 0 Å². The zero-order valence-corrected chi connectivity index (χ0v) is 18.0. The molecule has 1 aliphatic carbocycles. The van der Waals surface area contributed by atoms with Crippen molar-refractivity contribution >= 4 is 57.4 Å². The van der Waals surface area contributed by atoms with Crippen LogP contribution in [0.3, 0.4) is 0 Å². The third-order valence-electron chi connectivity index (χ3n) is 5.13. The molecule has 1 aromatic heterocycles. The van der Waals surface area contributed by atoms with Gasteiger partial charge in [0.2, 0.25) is 5.91 Å². The second-order valence-electron chi connectivity index (χ2n) is 7.11. The van der Waals surface area contributed by atoms with Gasteiger partial charge in [0.05, 0.1) is 22.0 Å². The van der Waals surface area contributed by atoms with Crippen LogP contribution in [-0.4, -0.2) is 33.2 Å². The van der Waals surface area contributed by atoms with Crippen LogP contribution in [0.15, 0.2) is 72.0 Å². The Balaban J connectivity index is 1.37. The van der Waals surface area contributed by atoms with Crippen molar-refractivity contribution in [3.8, 4) is 0 Å². The van der Waals surface area contributed by atoms with E-state index in [-0.39, 0.29) is 45.1 Å². The quantitative estimate of drug-likeness (QED) is 0.307. The molecule has 0 fully saturated rings. The van der Waals surface area contributed by atoms with Crippen LogP contribution in [0, 0.1) is 0 Å². The molecule has 0 aliphatic heterocycles. The average Bonchev–Trinajstić information content (AvgIpc) is 2.82. The third kappa shape index (κ3) is 3.55. The zero-order chi connectivity index (χ0) is 22.2. The Kier molecular flexibility index (Phi) is 5.20. The van der Waals surface area contributed by atoms with Gasteiger partial charge >= 0.3 is 0 Å². The number of thioether (sulfide) groups is 1. The molecule has 8 heteroatoms. The maximum Gasteiger partial charge on any atom is 0.234 e. The number of hydrogen-bond acceptors (Lipinski definition) is 6. The summed E-state index contributed by atoms with van der Waals surface area (Å²) in [6, 6.07) is 17.1. The zero-order valence-electron chi connectivity index (χ0n) is 16.5. The molecule has 156 valence electrons. The number of halogens is 1. The standard InChI is InChI=1S/C24H14ClN3O3S/c25-18-9-16-17(23(31)14-6-2-1-5-13(14)22(16)30)10-20(18)28-21(29)11-32-24-15-7-3-4-8-19(15)26-12-27-24/h1-10,12H,11H2,(H,28,29). The summed E-state index contributed by atoms with van der Waals surface area (Å²) in [5.74, 6) is -0.760. The largest absolute Gasteiger partial charge is 0.324 e. The molecular formula is C24H14ClN3O3S. The van der Waals surface area contributed by atoms with Crippen LogP contribution in [0.2, 0.25) is 5.02 Å². The molecule has 0 saturated heterocycles. The highest BCUT2D eigenvalue weighted by atomic mass is 35.5. The van der Waals surface area contributed by atoms with Crippen molar-refractivity contribution in [3.05, 3.63) is 94.3 Å². The Morgan fingerprint density at radius 2 is 1.53 bits per heavy atom. The number of hydrogen-bond donors (Lipinski definition) is 1. The van der Waals surface area contributed by atoms with Gasteiger partial charge in [-0.3, -0.25) is 14.4 Å². The van der Waals surface area contributed by atoms with E-state index in [1.165, 1.54) is 30.2 Å². The Labute approximate surface area is 192 Å². The van der Waals surface area contributed by atoms with Gasteiger partial charge in [-0.25, -0.2) is 9.97 Å². The molecule has 1 heterocycles. The molecule has 32 heavy (non-hydrogen) atoms. The molecule has 0 saturated carbocycles. The van der Waals surface area contributed by atoms with E-state index in [2.05, 4.69) is 15.3 Å². The summed E-state index contributed by atoms with van der Waals surface area (Å²) >= 11 is 7.61. The highest BCUT2D eigenvalue weighted by molar-refractivity contribution is 8.00. The first-order chi connectivity index (χ1) is 15.5. The van der Waals surface area contributed by atoms with Crippen LogP contribution in [0.5, 0.6) is 0 Å². The number of rotatable bonds is 4. The fourth-order valence-electron chi connectivity index (χ4n) is 3.63. The highest BCUT2D eigenvalue weighted by Gasteiger charge is 2.30. The van der Waals surface area contributed by atoms with E-state index in [1.54, 1.807) is 24.3 Å². The molecule has 0 spiro atoms. The van der Waals surface area contributed by atoms with E-state index in [1.807, 2.05) is 24.3 Å². The predicted octanol–water partition coefficient (Wildman–Crippen LogP) is 4.79. The van der Waals surface area contributed by atoms with Gasteiger partial charge in [-0.15, -0.1) is 0 Å². The van der Waals surface area contributed by atoms with Crippen molar-refractivity contribution in [2.24, 2.45) is 0 Å². The van der Waals surface area contributed by atoms with Crippen molar-refractivity contribution in [2.45, 2.75) is 5.03 Å². The average molecular weight is 460 g/mol. The number of fused-ring (bicyclic) bond motifs is 3. The molecular weight excluding hydrogens is 446 g/mol. The normalized spacial score (nSPS) is 12.4. The number of carbonyl (C=O) groups is 3. The summed E-state index contributed by atoms with van der Waals surface area (Å²) in [6.45, 7) is 0. The Morgan fingerprint density at radius 1 is 0.875 bits per heavy atom. The summed E-state index contributed by atoms with van der Waals surface area (Å²) in [6.07, 6.45) is 1.46. The van der Waals surface area contributed by atoms with Gasteiger partial charge in [0.1, 0.15) is 11.4 Å². The lowest BCUT2D eigenvalue weighted by molar-refractivity contribution is -0.113. The van der Waals surface area contributed by atoms with Crippen LogP contribution in [0.25, 0.3) is 10.9 Å². The number of para-hydroxylation sites is 1. The number of amides is 1. The lowest BCUT2D eigenvalue weighted by Crippen LogP contribution is -2.22. The summed E-state index contributed by atoms with van der Waals surface area (Å²) in [4.78, 5) is 46.8. The van der Waals surface area contributed by atoms with E-state index in [0.717, 1.165) is 10.9 Å². The maximum atomic E-state index is 12.9. The van der Waals surface area contributed by atoms with Crippen molar-refractivity contribution in [2.75, 3.05) is 11.1 Å². The number of anilines is 1. The van der Waals surface area contributed by atoms with E-state index >= 15 is 0 Å². The molecule has 0 unspecified atom stereocenters. The smallest absolute Gasteiger partial charge is 0.234 e. The molecule has 3 aromatic carbocycles. The van der Waals surface area contributed by atoms with Gasteiger partial charge in [0.25, 0.3) is 0 Å². The van der Waals surface area contributed by atoms with E-state index in [9.17, 15) is 14.4 Å². The van der Waals surface area contributed by atoms with Crippen LogP contribution < -0.4 is 5.32 Å². The Hall–Kier alpha value is -3.55. The molecule has 1 amide bonds. The summed E-state index contributed by atoms with van der Waals surface area (Å²) in [7, 11) is 0.